The van der Waals surface area contributed by atoms with Gasteiger partial charge in [-0.25, -0.2) is 0 Å². The van der Waals surface area contributed by atoms with Gasteiger partial charge in [0.2, 0.25) is 0 Å². The van der Waals surface area contributed by atoms with Crippen molar-refractivity contribution in [1.29, 1.82) is 5.26 Å². The van der Waals surface area contributed by atoms with Gasteiger partial charge in [0.1, 0.15) is 6.07 Å². The largest absolute Gasteiger partial charge is 0.346 e. The van der Waals surface area contributed by atoms with E-state index >= 15 is 0 Å². The molecule has 2 amide bonds. The number of amides is 2. The molecule has 6 nitrogen and oxygen atoms in total. The van der Waals surface area contributed by atoms with E-state index in [1.165, 1.54) is 12.1 Å². The molecular weight excluding hydrogens is 400 g/mol. The van der Waals surface area contributed by atoms with E-state index < -0.39 is 11.8 Å². The molecule has 0 fully saturated rings. The summed E-state index contributed by atoms with van der Waals surface area (Å²) in [5.74, 6) is -1.64. The number of nitriles is 1. The number of benzene rings is 3. The van der Waals surface area contributed by atoms with Crippen LogP contribution >= 0.6 is 11.6 Å². The second-order valence-corrected chi connectivity index (χ2v) is 7.45. The number of carbonyl (C=O) groups is 2. The zero-order valence-corrected chi connectivity index (χ0v) is 17.4. The number of nitrogens with zero attached hydrogens (tertiary/aromatic N) is 2. The van der Waals surface area contributed by atoms with E-state index in [4.69, 9.17) is 16.9 Å². The topological polar surface area (TPSA) is 85.2 Å². The van der Waals surface area contributed by atoms with Gasteiger partial charge in [0.15, 0.2) is 0 Å². The molecule has 0 aromatic heterocycles. The van der Waals surface area contributed by atoms with Gasteiger partial charge < -0.3 is 15.5 Å². The Morgan fingerprint density at radius 2 is 1.80 bits per heavy atom. The third kappa shape index (κ3) is 4.77. The van der Waals surface area contributed by atoms with Crippen molar-refractivity contribution in [2.75, 3.05) is 26.0 Å². The highest BCUT2D eigenvalue weighted by Crippen LogP contribution is 2.26. The Balaban J connectivity index is 1.74. The van der Waals surface area contributed by atoms with E-state index in [-0.39, 0.29) is 23.8 Å². The average Bonchev–Trinajstić information content (AvgIpc) is 2.73. The van der Waals surface area contributed by atoms with Crippen LogP contribution in [0.4, 0.5) is 5.69 Å². The molecular formula is C23H21ClN4O2. The quantitative estimate of drug-likeness (QED) is 0.616. The molecule has 3 aromatic carbocycles. The van der Waals surface area contributed by atoms with Crippen LogP contribution in [0.15, 0.2) is 60.7 Å². The predicted molar refractivity (Wildman–Crippen MR) is 118 cm³/mol. The fourth-order valence-corrected chi connectivity index (χ4v) is 3.45. The highest BCUT2D eigenvalue weighted by molar-refractivity contribution is 6.40. The molecule has 0 saturated heterocycles. The second-order valence-electron chi connectivity index (χ2n) is 7.01. The Hall–Kier alpha value is -3.40. The first-order valence-corrected chi connectivity index (χ1v) is 9.71. The average molecular weight is 421 g/mol. The molecule has 7 heteroatoms. The first-order chi connectivity index (χ1) is 14.4. The molecule has 0 aliphatic rings. The number of rotatable bonds is 5. The molecule has 0 aliphatic heterocycles. The Bertz CT molecular complexity index is 1130. The number of nitrogens with one attached hydrogen (secondary N) is 2. The van der Waals surface area contributed by atoms with Crippen LogP contribution in [-0.2, 0) is 9.59 Å². The number of fused-ring (bicyclic) bond motifs is 1. The van der Waals surface area contributed by atoms with Gasteiger partial charge >= 0.3 is 11.8 Å². The summed E-state index contributed by atoms with van der Waals surface area (Å²) >= 11 is 5.92. The van der Waals surface area contributed by atoms with Crippen molar-refractivity contribution < 1.29 is 9.59 Å². The standard InChI is InChI=1S/C23H21ClN4O2/c1-28(2)21(19-9-5-7-15-6-3-4-8-18(15)19)14-26-22(29)23(30)27-20-12-17(24)11-10-16(20)13-25/h3-12,21H,14H2,1-2H3,(H,26,29)(H,27,30). The van der Waals surface area contributed by atoms with E-state index in [0.717, 1.165) is 16.3 Å². The predicted octanol–water partition coefficient (Wildman–Crippen LogP) is 3.72. The van der Waals surface area contributed by atoms with Gasteiger partial charge in [0.05, 0.1) is 17.3 Å². The monoisotopic (exact) mass is 420 g/mol. The van der Waals surface area contributed by atoms with Gasteiger partial charge in [0, 0.05) is 11.6 Å². The number of likely N-dealkylation sites (N-methyl/N-ethyl adjacent to an activating group) is 1. The number of hydrogen-bond acceptors (Lipinski definition) is 4. The van der Waals surface area contributed by atoms with Crippen molar-refractivity contribution in [2.45, 2.75) is 6.04 Å². The van der Waals surface area contributed by atoms with Crippen molar-refractivity contribution in [1.82, 2.24) is 10.2 Å². The molecule has 0 aliphatic carbocycles. The van der Waals surface area contributed by atoms with Gasteiger partial charge in [0.25, 0.3) is 0 Å². The molecule has 30 heavy (non-hydrogen) atoms. The molecule has 0 saturated carbocycles. The van der Waals surface area contributed by atoms with E-state index in [1.807, 2.05) is 67.5 Å². The number of carbonyl (C=O) groups excluding carboxylic acids is 2. The number of hydrogen-bond donors (Lipinski definition) is 2. The lowest BCUT2D eigenvalue weighted by Gasteiger charge is -2.26. The van der Waals surface area contributed by atoms with Crippen LogP contribution in [0.3, 0.4) is 0 Å². The minimum Gasteiger partial charge on any atom is -0.346 e. The summed E-state index contributed by atoms with van der Waals surface area (Å²) in [5, 5.41) is 16.9. The highest BCUT2D eigenvalue weighted by atomic mass is 35.5. The highest BCUT2D eigenvalue weighted by Gasteiger charge is 2.21. The van der Waals surface area contributed by atoms with Gasteiger partial charge in [-0.15, -0.1) is 0 Å². The second kappa shape index (κ2) is 9.40. The van der Waals surface area contributed by atoms with Crippen molar-refractivity contribution in [3.63, 3.8) is 0 Å². The van der Waals surface area contributed by atoms with Crippen LogP contribution in [0.5, 0.6) is 0 Å². The minimum absolute atomic E-state index is 0.131. The maximum absolute atomic E-state index is 12.4. The van der Waals surface area contributed by atoms with Crippen LogP contribution in [0.2, 0.25) is 5.02 Å². The summed E-state index contributed by atoms with van der Waals surface area (Å²) in [6.07, 6.45) is 0. The normalized spacial score (nSPS) is 11.7. The van der Waals surface area contributed by atoms with Crippen LogP contribution < -0.4 is 10.6 Å². The third-order valence-corrected chi connectivity index (χ3v) is 5.05. The minimum atomic E-state index is -0.857. The molecule has 0 bridgehead atoms. The number of anilines is 1. The summed E-state index contributed by atoms with van der Waals surface area (Å²) in [7, 11) is 3.84. The third-order valence-electron chi connectivity index (χ3n) is 4.82. The summed E-state index contributed by atoms with van der Waals surface area (Å²) in [6.45, 7) is 0.244. The van der Waals surface area contributed by atoms with E-state index in [9.17, 15) is 9.59 Å². The van der Waals surface area contributed by atoms with Crippen LogP contribution in [-0.4, -0.2) is 37.4 Å². The lowest BCUT2D eigenvalue weighted by molar-refractivity contribution is -0.136. The van der Waals surface area contributed by atoms with Gasteiger partial charge in [-0.2, -0.15) is 5.26 Å². The van der Waals surface area contributed by atoms with Gasteiger partial charge in [-0.3, -0.25) is 9.59 Å². The summed E-state index contributed by atoms with van der Waals surface area (Å²) in [6, 6.07) is 20.4. The Morgan fingerprint density at radius 3 is 2.53 bits per heavy atom. The molecule has 3 rings (SSSR count). The maximum atomic E-state index is 12.4. The Labute approximate surface area is 180 Å². The lowest BCUT2D eigenvalue weighted by atomic mass is 9.98. The van der Waals surface area contributed by atoms with Gasteiger partial charge in [-0.05, 0) is 48.6 Å². The Kier molecular flexibility index (Phi) is 6.68. The molecule has 0 heterocycles. The van der Waals surface area contributed by atoms with E-state index in [1.54, 1.807) is 6.07 Å². The van der Waals surface area contributed by atoms with Gasteiger partial charge in [-0.1, -0.05) is 54.1 Å². The van der Waals surface area contributed by atoms with Crippen LogP contribution in [0.1, 0.15) is 17.2 Å². The molecule has 0 radical (unpaired) electrons. The van der Waals surface area contributed by atoms with Crippen molar-refractivity contribution in [3.8, 4) is 6.07 Å². The molecule has 1 atom stereocenters. The molecule has 1 unspecified atom stereocenters. The fraction of sp³-hybridized carbons (Fsp3) is 0.174. The Morgan fingerprint density at radius 1 is 1.07 bits per heavy atom. The fourth-order valence-electron chi connectivity index (χ4n) is 3.28. The first-order valence-electron chi connectivity index (χ1n) is 9.33. The smallest absolute Gasteiger partial charge is 0.313 e. The van der Waals surface area contributed by atoms with Crippen molar-refractivity contribution in [3.05, 3.63) is 76.8 Å². The molecule has 0 spiro atoms. The number of halogens is 1. The lowest BCUT2D eigenvalue weighted by Crippen LogP contribution is -2.40. The summed E-state index contributed by atoms with van der Waals surface area (Å²) in [4.78, 5) is 26.7. The van der Waals surface area contributed by atoms with E-state index in [2.05, 4.69) is 10.6 Å². The first kappa shape index (κ1) is 21.3. The van der Waals surface area contributed by atoms with Crippen molar-refractivity contribution in [2.24, 2.45) is 0 Å². The maximum Gasteiger partial charge on any atom is 0.313 e. The molecule has 2 N–H and O–H groups in total. The van der Waals surface area contributed by atoms with Crippen molar-refractivity contribution >= 4 is 39.9 Å². The SMILES string of the molecule is CN(C)C(CNC(=O)C(=O)Nc1cc(Cl)ccc1C#N)c1cccc2ccccc12. The molecule has 3 aromatic rings. The van der Waals surface area contributed by atoms with E-state index in [0.29, 0.717) is 5.02 Å². The van der Waals surface area contributed by atoms with Crippen LogP contribution in [0, 0.1) is 11.3 Å². The molecule has 152 valence electrons. The summed E-state index contributed by atoms with van der Waals surface area (Å²) < 4.78 is 0. The zero-order chi connectivity index (χ0) is 21.7. The zero-order valence-electron chi connectivity index (χ0n) is 16.6. The van der Waals surface area contributed by atoms with Crippen LogP contribution in [0.25, 0.3) is 10.8 Å². The summed E-state index contributed by atoms with van der Waals surface area (Å²) in [5.41, 5.74) is 1.48.